The fraction of sp³-hybridized carbons (Fsp3) is 0.231. The van der Waals surface area contributed by atoms with Crippen LogP contribution in [0.15, 0.2) is 84.9 Å². The van der Waals surface area contributed by atoms with Crippen LogP contribution in [0.3, 0.4) is 0 Å². The number of rotatable bonds is 6. The molecular weight excluding hydrogens is 356 g/mol. The molecule has 0 aliphatic carbocycles. The number of para-hydroxylation sites is 1. The maximum Gasteiger partial charge on any atom is 0.119 e. The summed E-state index contributed by atoms with van der Waals surface area (Å²) in [6.07, 6.45) is 2.65. The van der Waals surface area contributed by atoms with Crippen molar-refractivity contribution in [2.75, 3.05) is 26.2 Å². The highest BCUT2D eigenvalue weighted by atomic mass is 16.5. The van der Waals surface area contributed by atoms with Crippen molar-refractivity contribution in [3.63, 3.8) is 0 Å². The molecule has 0 bridgehead atoms. The minimum absolute atomic E-state index is 0.751. The summed E-state index contributed by atoms with van der Waals surface area (Å²) in [4.78, 5) is 2.48. The Labute approximate surface area is 172 Å². The molecule has 0 atom stereocenters. The summed E-state index contributed by atoms with van der Waals surface area (Å²) in [5.74, 6) is 0.936. The van der Waals surface area contributed by atoms with Gasteiger partial charge in [0.2, 0.25) is 0 Å². The predicted molar refractivity (Wildman–Crippen MR) is 120 cm³/mol. The van der Waals surface area contributed by atoms with Gasteiger partial charge >= 0.3 is 0 Å². The molecule has 4 aromatic rings. The van der Waals surface area contributed by atoms with E-state index in [-0.39, 0.29) is 0 Å². The van der Waals surface area contributed by atoms with E-state index >= 15 is 0 Å². The number of aromatic nitrogens is 1. The van der Waals surface area contributed by atoms with E-state index in [0.29, 0.717) is 0 Å². The minimum atomic E-state index is 0.751. The standard InChI is InChI=1S/C26H26N2O/c1-2-8-21(9-3-1)26-20-22-10-4-5-11-25(22)28(26)23-12-14-24(15-13-23)29-19-18-27-16-6-7-17-27/h1-5,8-15,20H,6-7,16-19H2. The van der Waals surface area contributed by atoms with E-state index in [1.54, 1.807) is 0 Å². The summed E-state index contributed by atoms with van der Waals surface area (Å²) in [5.41, 5.74) is 4.79. The molecule has 1 aliphatic heterocycles. The average Bonchev–Trinajstić information content (AvgIpc) is 3.43. The van der Waals surface area contributed by atoms with Gasteiger partial charge in [0, 0.05) is 17.6 Å². The van der Waals surface area contributed by atoms with Gasteiger partial charge in [0.05, 0.1) is 11.2 Å². The molecule has 1 fully saturated rings. The first-order valence-corrected chi connectivity index (χ1v) is 10.5. The molecule has 3 heteroatoms. The Bertz CT molecular complexity index is 1080. The van der Waals surface area contributed by atoms with Crippen LogP contribution in [-0.2, 0) is 0 Å². The lowest BCUT2D eigenvalue weighted by atomic mass is 10.1. The third-order valence-electron chi connectivity index (χ3n) is 5.75. The van der Waals surface area contributed by atoms with Gasteiger partial charge in [-0.05, 0) is 67.9 Å². The van der Waals surface area contributed by atoms with Crippen molar-refractivity contribution in [2.24, 2.45) is 0 Å². The number of ether oxygens (including phenoxy) is 1. The smallest absolute Gasteiger partial charge is 0.119 e. The van der Waals surface area contributed by atoms with Crippen molar-refractivity contribution in [1.82, 2.24) is 9.47 Å². The highest BCUT2D eigenvalue weighted by Gasteiger charge is 2.13. The average molecular weight is 383 g/mol. The Morgan fingerprint density at radius 1 is 0.759 bits per heavy atom. The van der Waals surface area contributed by atoms with E-state index in [0.717, 1.165) is 24.6 Å². The second-order valence-electron chi connectivity index (χ2n) is 7.68. The van der Waals surface area contributed by atoms with Crippen molar-refractivity contribution in [3.05, 3.63) is 84.9 Å². The summed E-state index contributed by atoms with van der Waals surface area (Å²) >= 11 is 0. The molecule has 0 N–H and O–H groups in total. The van der Waals surface area contributed by atoms with Crippen molar-refractivity contribution in [2.45, 2.75) is 12.8 Å². The highest BCUT2D eigenvalue weighted by Crippen LogP contribution is 2.32. The van der Waals surface area contributed by atoms with Crippen LogP contribution in [0, 0.1) is 0 Å². The van der Waals surface area contributed by atoms with Crippen molar-refractivity contribution in [3.8, 4) is 22.7 Å². The molecule has 0 radical (unpaired) electrons. The first kappa shape index (κ1) is 18.0. The van der Waals surface area contributed by atoms with Gasteiger partial charge in [-0.2, -0.15) is 0 Å². The predicted octanol–water partition coefficient (Wildman–Crippen LogP) is 5.77. The Morgan fingerprint density at radius 3 is 2.28 bits per heavy atom. The Morgan fingerprint density at radius 2 is 1.48 bits per heavy atom. The summed E-state index contributed by atoms with van der Waals surface area (Å²) in [6, 6.07) is 29.9. The number of hydrogen-bond acceptors (Lipinski definition) is 2. The third-order valence-corrected chi connectivity index (χ3v) is 5.75. The monoisotopic (exact) mass is 382 g/mol. The molecule has 1 saturated heterocycles. The second kappa shape index (κ2) is 8.14. The molecule has 29 heavy (non-hydrogen) atoms. The summed E-state index contributed by atoms with van der Waals surface area (Å²) in [6.45, 7) is 4.19. The second-order valence-corrected chi connectivity index (χ2v) is 7.68. The summed E-state index contributed by atoms with van der Waals surface area (Å²) in [7, 11) is 0. The molecule has 146 valence electrons. The molecule has 1 aromatic heterocycles. The van der Waals surface area contributed by atoms with E-state index in [2.05, 4.69) is 94.4 Å². The zero-order valence-electron chi connectivity index (χ0n) is 16.6. The molecular formula is C26H26N2O. The maximum absolute atomic E-state index is 5.99. The van der Waals surface area contributed by atoms with Gasteiger partial charge in [-0.15, -0.1) is 0 Å². The van der Waals surface area contributed by atoms with Gasteiger partial charge < -0.3 is 9.30 Å². The lowest BCUT2D eigenvalue weighted by molar-refractivity contribution is 0.238. The van der Waals surface area contributed by atoms with Crippen LogP contribution in [0.5, 0.6) is 5.75 Å². The Balaban J connectivity index is 1.42. The normalized spacial score (nSPS) is 14.5. The van der Waals surface area contributed by atoms with Gasteiger partial charge in [0.15, 0.2) is 0 Å². The van der Waals surface area contributed by atoms with Gasteiger partial charge in [-0.3, -0.25) is 4.90 Å². The van der Waals surface area contributed by atoms with E-state index in [1.165, 1.54) is 48.1 Å². The highest BCUT2D eigenvalue weighted by molar-refractivity contribution is 5.89. The lowest BCUT2D eigenvalue weighted by Crippen LogP contribution is -2.25. The molecule has 3 aromatic carbocycles. The molecule has 0 amide bonds. The fourth-order valence-corrected chi connectivity index (χ4v) is 4.24. The third kappa shape index (κ3) is 3.79. The van der Waals surface area contributed by atoms with E-state index in [1.807, 2.05) is 0 Å². The number of hydrogen-bond donors (Lipinski definition) is 0. The van der Waals surface area contributed by atoms with Gasteiger partial charge in [0.25, 0.3) is 0 Å². The van der Waals surface area contributed by atoms with Crippen LogP contribution in [0.2, 0.25) is 0 Å². The zero-order chi connectivity index (χ0) is 19.5. The van der Waals surface area contributed by atoms with Crippen LogP contribution in [0.25, 0.3) is 27.8 Å². The Kier molecular flexibility index (Phi) is 5.06. The molecule has 1 aliphatic rings. The topological polar surface area (TPSA) is 17.4 Å². The Hall–Kier alpha value is -3.04. The number of benzene rings is 3. The zero-order valence-corrected chi connectivity index (χ0v) is 16.6. The molecule has 0 saturated carbocycles. The van der Waals surface area contributed by atoms with Crippen molar-refractivity contribution in [1.29, 1.82) is 0 Å². The first-order valence-electron chi connectivity index (χ1n) is 10.5. The quantitative estimate of drug-likeness (QED) is 0.421. The first-order chi connectivity index (χ1) is 14.4. The fourth-order valence-electron chi connectivity index (χ4n) is 4.24. The van der Waals surface area contributed by atoms with Gasteiger partial charge in [-0.25, -0.2) is 0 Å². The van der Waals surface area contributed by atoms with Crippen LogP contribution >= 0.6 is 0 Å². The van der Waals surface area contributed by atoms with Crippen molar-refractivity contribution >= 4 is 10.9 Å². The molecule has 3 nitrogen and oxygen atoms in total. The molecule has 0 spiro atoms. The number of likely N-dealkylation sites (tertiary alicyclic amines) is 1. The van der Waals surface area contributed by atoms with E-state index in [9.17, 15) is 0 Å². The van der Waals surface area contributed by atoms with Crippen LogP contribution in [0.1, 0.15) is 12.8 Å². The SMILES string of the molecule is c1ccc(-c2cc3ccccc3n2-c2ccc(OCCN3CCCC3)cc2)cc1. The number of fused-ring (bicyclic) bond motifs is 1. The van der Waals surface area contributed by atoms with Crippen LogP contribution in [-0.4, -0.2) is 35.7 Å². The van der Waals surface area contributed by atoms with E-state index in [4.69, 9.17) is 4.74 Å². The molecule has 2 heterocycles. The van der Waals surface area contributed by atoms with Crippen LogP contribution in [0.4, 0.5) is 0 Å². The number of nitrogens with zero attached hydrogens (tertiary/aromatic N) is 2. The van der Waals surface area contributed by atoms with Crippen molar-refractivity contribution < 1.29 is 4.74 Å². The maximum atomic E-state index is 5.99. The van der Waals surface area contributed by atoms with Gasteiger partial charge in [-0.1, -0.05) is 48.5 Å². The molecule has 5 rings (SSSR count). The van der Waals surface area contributed by atoms with Crippen LogP contribution < -0.4 is 4.74 Å². The van der Waals surface area contributed by atoms with Gasteiger partial charge in [0.1, 0.15) is 12.4 Å². The minimum Gasteiger partial charge on any atom is -0.492 e. The molecule has 0 unspecified atom stereocenters. The lowest BCUT2D eigenvalue weighted by Gasteiger charge is -2.15. The summed E-state index contributed by atoms with van der Waals surface area (Å²) < 4.78 is 8.32. The summed E-state index contributed by atoms with van der Waals surface area (Å²) in [5, 5.41) is 1.25. The largest absolute Gasteiger partial charge is 0.492 e. The van der Waals surface area contributed by atoms with E-state index < -0.39 is 0 Å².